The molecule has 0 rings (SSSR count). The maximum Gasteiger partial charge on any atom is 0.0371 e. The highest BCUT2D eigenvalue weighted by molar-refractivity contribution is 6.41. The maximum atomic E-state index is 2.32. The Kier molecular flexibility index (Phi) is 2.74. The average molecular weight is 129 g/mol. The van der Waals surface area contributed by atoms with Crippen LogP contribution in [-0.2, 0) is 0 Å². The van der Waals surface area contributed by atoms with E-state index in [1.54, 1.807) is 0 Å². The zero-order valence-corrected chi connectivity index (χ0v) is 7.81. The van der Waals surface area contributed by atoms with Crippen molar-refractivity contribution in [1.82, 2.24) is 0 Å². The molecule has 0 fully saturated rings. The minimum atomic E-state index is 0.605. The summed E-state index contributed by atoms with van der Waals surface area (Å²) in [5, 5.41) is 0.605. The topological polar surface area (TPSA) is 0 Å². The van der Waals surface area contributed by atoms with Gasteiger partial charge in [0.2, 0.25) is 0 Å². The van der Waals surface area contributed by atoms with E-state index in [0.29, 0.717) is 14.6 Å². The molecular weight excluding hydrogens is 112 g/mol. The molecule has 0 aromatic carbocycles. The average Bonchev–Trinajstić information content (AvgIpc) is 1.21. The Hall–Kier alpha value is 0.217. The zero-order valence-electron chi connectivity index (χ0n) is 6.65. The summed E-state index contributed by atoms with van der Waals surface area (Å²) in [6, 6.07) is 0. The van der Waals surface area contributed by atoms with Gasteiger partial charge in [-0.25, -0.2) is 0 Å². The van der Waals surface area contributed by atoms with Crippen molar-refractivity contribution >= 4 is 9.52 Å². The van der Waals surface area contributed by atoms with E-state index in [0.717, 1.165) is 5.54 Å². The summed E-state index contributed by atoms with van der Waals surface area (Å²) in [6.07, 6.45) is 0. The molecule has 0 aromatic rings. The first kappa shape index (κ1) is 8.22. The lowest BCUT2D eigenvalue weighted by Gasteiger charge is -2.18. The third-order valence-corrected chi connectivity index (χ3v) is 2.50. The van der Waals surface area contributed by atoms with Crippen molar-refractivity contribution in [2.45, 2.75) is 45.2 Å². The summed E-state index contributed by atoms with van der Waals surface area (Å²) >= 11 is 0. The van der Waals surface area contributed by atoms with E-state index >= 15 is 0 Å². The molecule has 0 aliphatic rings. The molecule has 0 nitrogen and oxygen atoms in total. The summed E-state index contributed by atoms with van der Waals surface area (Å²) in [5.41, 5.74) is 0.926. The monoisotopic (exact) mass is 129 g/mol. The van der Waals surface area contributed by atoms with E-state index < -0.39 is 0 Å². The molecule has 0 saturated carbocycles. The second-order valence-electron chi connectivity index (χ2n) is 3.78. The lowest BCUT2D eigenvalue weighted by atomic mass is 10.2. The van der Waals surface area contributed by atoms with Gasteiger partial charge in [0.15, 0.2) is 0 Å². The van der Waals surface area contributed by atoms with Crippen molar-refractivity contribution in [2.24, 2.45) is 0 Å². The van der Waals surface area contributed by atoms with Crippen molar-refractivity contribution in [1.29, 1.82) is 0 Å². The van der Waals surface area contributed by atoms with Gasteiger partial charge in [-0.15, -0.1) is 0 Å². The molecule has 1 radical (unpaired) electrons. The van der Waals surface area contributed by atoms with Crippen LogP contribution in [0.5, 0.6) is 0 Å². The van der Waals surface area contributed by atoms with E-state index in [-0.39, 0.29) is 0 Å². The Labute approximate surface area is 55.5 Å². The Bertz CT molecular complexity index is 59.3. The Morgan fingerprint density at radius 1 is 1.12 bits per heavy atom. The van der Waals surface area contributed by atoms with Crippen LogP contribution in [0.15, 0.2) is 0 Å². The number of hydrogen-bond donors (Lipinski definition) is 0. The Morgan fingerprint density at radius 2 is 1.50 bits per heavy atom. The second kappa shape index (κ2) is 2.67. The van der Waals surface area contributed by atoms with Crippen LogP contribution in [-0.4, -0.2) is 9.52 Å². The third-order valence-electron chi connectivity index (χ3n) is 0.833. The smallest absolute Gasteiger partial charge is 0.0371 e. The summed E-state index contributed by atoms with van der Waals surface area (Å²) in [7, 11) is 0.641. The van der Waals surface area contributed by atoms with E-state index in [4.69, 9.17) is 0 Å². The van der Waals surface area contributed by atoms with Gasteiger partial charge in [-0.3, -0.25) is 0 Å². The molecule has 0 N–H and O–H groups in total. The van der Waals surface area contributed by atoms with Gasteiger partial charge in [0, 0.05) is 9.52 Å². The maximum absolute atomic E-state index is 2.32. The van der Waals surface area contributed by atoms with Crippen molar-refractivity contribution in [2.75, 3.05) is 0 Å². The van der Waals surface area contributed by atoms with Crippen molar-refractivity contribution in [3.8, 4) is 0 Å². The van der Waals surface area contributed by atoms with Crippen LogP contribution < -0.4 is 0 Å². The molecule has 8 heavy (non-hydrogen) atoms. The molecule has 0 heterocycles. The van der Waals surface area contributed by atoms with Gasteiger partial charge in [-0.2, -0.15) is 0 Å². The Balaban J connectivity index is 3.39. The first-order valence-corrected chi connectivity index (χ1v) is 4.52. The standard InChI is InChI=1S/C7H17Si/c1-6(2)8-7(3,4)5/h6,8H,1-5H3. The van der Waals surface area contributed by atoms with Crippen LogP contribution in [0.4, 0.5) is 0 Å². The molecule has 0 spiro atoms. The van der Waals surface area contributed by atoms with Gasteiger partial charge in [-0.1, -0.05) is 40.2 Å². The summed E-state index contributed by atoms with van der Waals surface area (Å²) in [6.45, 7) is 11.6. The predicted molar refractivity (Wildman–Crippen MR) is 42.0 cm³/mol. The molecule has 0 saturated heterocycles. The number of hydrogen-bond acceptors (Lipinski definition) is 0. The minimum Gasteiger partial charge on any atom is -0.0656 e. The van der Waals surface area contributed by atoms with Crippen molar-refractivity contribution in [3.63, 3.8) is 0 Å². The lowest BCUT2D eigenvalue weighted by molar-refractivity contribution is 0.736. The zero-order chi connectivity index (χ0) is 6.78. The van der Waals surface area contributed by atoms with Crippen LogP contribution >= 0.6 is 0 Å². The van der Waals surface area contributed by atoms with E-state index in [1.165, 1.54) is 0 Å². The normalized spacial score (nSPS) is 12.8. The lowest BCUT2D eigenvalue weighted by Crippen LogP contribution is -2.10. The van der Waals surface area contributed by atoms with E-state index in [2.05, 4.69) is 34.6 Å². The quantitative estimate of drug-likeness (QED) is 0.477. The first-order chi connectivity index (χ1) is 3.42. The van der Waals surface area contributed by atoms with Crippen LogP contribution in [0.25, 0.3) is 0 Å². The first-order valence-electron chi connectivity index (χ1n) is 3.28. The molecule has 1 heteroatoms. The van der Waals surface area contributed by atoms with Gasteiger partial charge in [0.1, 0.15) is 0 Å². The highest BCUT2D eigenvalue weighted by atomic mass is 28.2. The largest absolute Gasteiger partial charge is 0.0656 e. The van der Waals surface area contributed by atoms with Gasteiger partial charge < -0.3 is 0 Å². The van der Waals surface area contributed by atoms with Gasteiger partial charge in [-0.05, 0) is 5.04 Å². The van der Waals surface area contributed by atoms with E-state index in [9.17, 15) is 0 Å². The fourth-order valence-corrected chi connectivity index (χ4v) is 3.00. The molecule has 0 unspecified atom stereocenters. The molecule has 49 valence electrons. The van der Waals surface area contributed by atoms with Crippen LogP contribution in [0.1, 0.15) is 34.6 Å². The molecule has 0 aliphatic carbocycles. The summed E-state index contributed by atoms with van der Waals surface area (Å²) in [4.78, 5) is 0. The van der Waals surface area contributed by atoms with Gasteiger partial charge >= 0.3 is 0 Å². The minimum absolute atomic E-state index is 0.605. The predicted octanol–water partition coefficient (Wildman–Crippen LogP) is 2.47. The molecule has 0 atom stereocenters. The number of rotatable bonds is 1. The molecule has 0 amide bonds. The molecule has 0 aromatic heterocycles. The second-order valence-corrected chi connectivity index (χ2v) is 7.18. The van der Waals surface area contributed by atoms with Crippen LogP contribution in [0.3, 0.4) is 0 Å². The fraction of sp³-hybridized carbons (Fsp3) is 1.00. The molecule has 0 bridgehead atoms. The Morgan fingerprint density at radius 3 is 1.50 bits per heavy atom. The highest BCUT2D eigenvalue weighted by Gasteiger charge is 2.12. The molecule has 0 aliphatic heterocycles. The fourth-order valence-electron chi connectivity index (χ4n) is 1.00. The molecular formula is C7H17Si. The third kappa shape index (κ3) is 6.22. The van der Waals surface area contributed by atoms with Crippen LogP contribution in [0.2, 0.25) is 10.6 Å². The van der Waals surface area contributed by atoms with Crippen molar-refractivity contribution < 1.29 is 0 Å². The summed E-state index contributed by atoms with van der Waals surface area (Å²) in [5.74, 6) is 0. The van der Waals surface area contributed by atoms with Gasteiger partial charge in [0.25, 0.3) is 0 Å². The SMILES string of the molecule is CC(C)[SiH]C(C)(C)C. The van der Waals surface area contributed by atoms with E-state index in [1.807, 2.05) is 0 Å². The highest BCUT2D eigenvalue weighted by Crippen LogP contribution is 2.24. The van der Waals surface area contributed by atoms with Crippen LogP contribution in [0, 0.1) is 0 Å². The summed E-state index contributed by atoms with van der Waals surface area (Å²) < 4.78 is 0. The van der Waals surface area contributed by atoms with Crippen molar-refractivity contribution in [3.05, 3.63) is 0 Å². The van der Waals surface area contributed by atoms with Gasteiger partial charge in [0.05, 0.1) is 0 Å².